The van der Waals surface area contributed by atoms with Crippen molar-refractivity contribution in [3.63, 3.8) is 0 Å². The lowest BCUT2D eigenvalue weighted by molar-refractivity contribution is 0.169. The Morgan fingerprint density at radius 1 is 1.12 bits per heavy atom. The van der Waals surface area contributed by atoms with Crippen LogP contribution in [0.5, 0.6) is 0 Å². The van der Waals surface area contributed by atoms with Gasteiger partial charge in [-0.1, -0.05) is 0 Å². The molecule has 0 unspecified atom stereocenters. The summed E-state index contributed by atoms with van der Waals surface area (Å²) in [5.74, 6) is -0.102. The molecule has 0 spiro atoms. The van der Waals surface area contributed by atoms with Crippen LogP contribution in [0.3, 0.4) is 0 Å². The summed E-state index contributed by atoms with van der Waals surface area (Å²) < 4.78 is 28.7. The van der Waals surface area contributed by atoms with E-state index in [1.807, 2.05) is 0 Å². The van der Waals surface area contributed by atoms with Gasteiger partial charge in [-0.3, -0.25) is 0 Å². The van der Waals surface area contributed by atoms with E-state index in [1.165, 1.54) is 18.5 Å². The van der Waals surface area contributed by atoms with Crippen LogP contribution < -0.4 is 0 Å². The Hall–Kier alpha value is -2.41. The van der Waals surface area contributed by atoms with Crippen LogP contribution in [0.1, 0.15) is 38.4 Å². The summed E-state index contributed by atoms with van der Waals surface area (Å²) in [6.45, 7) is 6.51. The zero-order valence-corrected chi connectivity index (χ0v) is 14.9. The number of nitrogens with zero attached hydrogens (tertiary/aromatic N) is 5. The lowest BCUT2D eigenvalue weighted by Crippen LogP contribution is -2.38. The Balaban J connectivity index is 1.60. The number of piperidine rings is 1. The van der Waals surface area contributed by atoms with E-state index in [9.17, 15) is 8.78 Å². The largest absolute Gasteiger partial charge is 0.301 e. The molecule has 0 radical (unpaired) electrons. The molecule has 0 saturated carbocycles. The Morgan fingerprint density at radius 3 is 2.58 bits per heavy atom. The van der Waals surface area contributed by atoms with Gasteiger partial charge >= 0.3 is 0 Å². The molecule has 1 saturated heterocycles. The summed E-state index contributed by atoms with van der Waals surface area (Å²) in [5.41, 5.74) is 1.30. The lowest BCUT2D eigenvalue weighted by atomic mass is 9.95. The molecule has 136 valence electrons. The maximum atomic E-state index is 14.0. The van der Waals surface area contributed by atoms with Gasteiger partial charge in [0, 0.05) is 29.7 Å². The highest BCUT2D eigenvalue weighted by atomic mass is 19.1. The zero-order valence-electron chi connectivity index (χ0n) is 14.9. The molecule has 0 bridgehead atoms. The van der Waals surface area contributed by atoms with E-state index in [2.05, 4.69) is 33.8 Å². The van der Waals surface area contributed by atoms with Crippen LogP contribution in [0.4, 0.5) is 8.78 Å². The second kappa shape index (κ2) is 6.72. The van der Waals surface area contributed by atoms with Gasteiger partial charge in [0.2, 0.25) is 0 Å². The maximum absolute atomic E-state index is 14.0. The fourth-order valence-corrected chi connectivity index (χ4v) is 3.50. The Bertz CT molecular complexity index is 929. The van der Waals surface area contributed by atoms with Crippen molar-refractivity contribution >= 4 is 5.65 Å². The molecule has 0 N–H and O–H groups in total. The van der Waals surface area contributed by atoms with E-state index in [0.29, 0.717) is 23.3 Å². The number of rotatable bonds is 3. The monoisotopic (exact) mass is 357 g/mol. The predicted octanol–water partition coefficient (Wildman–Crippen LogP) is 3.66. The van der Waals surface area contributed by atoms with Crippen molar-refractivity contribution in [2.24, 2.45) is 0 Å². The van der Waals surface area contributed by atoms with E-state index >= 15 is 0 Å². The van der Waals surface area contributed by atoms with Gasteiger partial charge in [-0.2, -0.15) is 0 Å². The number of hydrogen-bond donors (Lipinski definition) is 0. The topological polar surface area (TPSA) is 46.3 Å². The second-order valence-corrected chi connectivity index (χ2v) is 7.08. The van der Waals surface area contributed by atoms with Gasteiger partial charge in [-0.25, -0.2) is 23.3 Å². The lowest BCUT2D eigenvalue weighted by Gasteiger charge is -2.33. The molecule has 0 amide bonds. The number of halogens is 2. The highest BCUT2D eigenvalue weighted by Gasteiger charge is 2.25. The van der Waals surface area contributed by atoms with E-state index in [-0.39, 0.29) is 5.56 Å². The molecule has 26 heavy (non-hydrogen) atoms. The molecular formula is C19H21F2N5. The van der Waals surface area contributed by atoms with Crippen LogP contribution in [0.15, 0.2) is 30.6 Å². The molecule has 0 atom stereocenters. The van der Waals surface area contributed by atoms with Gasteiger partial charge in [0.05, 0.1) is 5.69 Å². The third kappa shape index (κ3) is 3.19. The quantitative estimate of drug-likeness (QED) is 0.718. The molecular weight excluding hydrogens is 336 g/mol. The summed E-state index contributed by atoms with van der Waals surface area (Å²) in [6, 6.07) is 5.72. The highest BCUT2D eigenvalue weighted by molar-refractivity contribution is 5.63. The van der Waals surface area contributed by atoms with Gasteiger partial charge in [0.1, 0.15) is 18.0 Å². The molecule has 4 rings (SSSR count). The molecule has 3 heterocycles. The van der Waals surface area contributed by atoms with E-state index in [4.69, 9.17) is 0 Å². The Kier molecular flexibility index (Phi) is 4.40. The van der Waals surface area contributed by atoms with Crippen molar-refractivity contribution in [3.8, 4) is 11.3 Å². The molecule has 2 aromatic heterocycles. The van der Waals surface area contributed by atoms with Crippen molar-refractivity contribution in [2.75, 3.05) is 13.1 Å². The zero-order chi connectivity index (χ0) is 18.3. The Morgan fingerprint density at radius 2 is 1.88 bits per heavy atom. The highest BCUT2D eigenvalue weighted by Crippen LogP contribution is 2.28. The third-order valence-corrected chi connectivity index (χ3v) is 5.08. The molecule has 7 heteroatoms. The second-order valence-electron chi connectivity index (χ2n) is 7.08. The SMILES string of the molecule is CC(C)N1CCC(c2nc3cc(-c4ccc(F)cc4F)ncn3n2)CC1. The van der Waals surface area contributed by atoms with Crippen LogP contribution >= 0.6 is 0 Å². The number of hydrogen-bond acceptors (Lipinski definition) is 4. The molecule has 1 aliphatic heterocycles. The molecule has 1 fully saturated rings. The maximum Gasteiger partial charge on any atom is 0.159 e. The van der Waals surface area contributed by atoms with Crippen molar-refractivity contribution in [2.45, 2.75) is 38.6 Å². The van der Waals surface area contributed by atoms with Crippen LogP contribution in [-0.4, -0.2) is 43.6 Å². The van der Waals surface area contributed by atoms with Crippen molar-refractivity contribution in [3.05, 3.63) is 48.1 Å². The fourth-order valence-electron chi connectivity index (χ4n) is 3.50. The smallest absolute Gasteiger partial charge is 0.159 e. The van der Waals surface area contributed by atoms with Crippen LogP contribution in [-0.2, 0) is 0 Å². The first-order valence-electron chi connectivity index (χ1n) is 8.93. The summed E-state index contributed by atoms with van der Waals surface area (Å²) in [5, 5.41) is 4.55. The summed E-state index contributed by atoms with van der Waals surface area (Å²) in [6.07, 6.45) is 3.59. The standard InChI is InChI=1S/C19H21F2N5/c1-12(2)25-7-5-13(6-8-25)19-23-18-10-17(22-11-26(18)24-19)15-4-3-14(20)9-16(15)21/h3-4,9-13H,5-8H2,1-2H3. The van der Waals surface area contributed by atoms with Gasteiger partial charge < -0.3 is 4.90 Å². The third-order valence-electron chi connectivity index (χ3n) is 5.08. The molecule has 1 aromatic carbocycles. The van der Waals surface area contributed by atoms with Gasteiger partial charge in [0.15, 0.2) is 11.5 Å². The minimum Gasteiger partial charge on any atom is -0.301 e. The number of benzene rings is 1. The van der Waals surface area contributed by atoms with Gasteiger partial charge in [-0.15, -0.1) is 5.10 Å². The summed E-state index contributed by atoms with van der Waals surface area (Å²) in [7, 11) is 0. The Labute approximate surface area is 150 Å². The van der Waals surface area contributed by atoms with E-state index in [0.717, 1.165) is 37.8 Å². The van der Waals surface area contributed by atoms with Gasteiger partial charge in [0.25, 0.3) is 0 Å². The average Bonchev–Trinajstić information content (AvgIpc) is 3.05. The molecule has 5 nitrogen and oxygen atoms in total. The normalized spacial score (nSPS) is 16.7. The van der Waals surface area contributed by atoms with Gasteiger partial charge in [-0.05, 0) is 51.9 Å². The van der Waals surface area contributed by atoms with Crippen LogP contribution in [0.2, 0.25) is 0 Å². The van der Waals surface area contributed by atoms with Crippen molar-refractivity contribution in [1.29, 1.82) is 0 Å². The first kappa shape index (κ1) is 17.0. The summed E-state index contributed by atoms with van der Waals surface area (Å²) in [4.78, 5) is 11.3. The van der Waals surface area contributed by atoms with E-state index in [1.54, 1.807) is 10.6 Å². The molecule has 3 aromatic rings. The molecule has 1 aliphatic rings. The van der Waals surface area contributed by atoms with Crippen LogP contribution in [0, 0.1) is 11.6 Å². The number of fused-ring (bicyclic) bond motifs is 1. The number of likely N-dealkylation sites (tertiary alicyclic amines) is 1. The molecule has 0 aliphatic carbocycles. The number of aromatic nitrogens is 4. The van der Waals surface area contributed by atoms with Crippen molar-refractivity contribution < 1.29 is 8.78 Å². The fraction of sp³-hybridized carbons (Fsp3) is 0.421. The first-order chi connectivity index (χ1) is 12.5. The summed E-state index contributed by atoms with van der Waals surface area (Å²) >= 11 is 0. The van der Waals surface area contributed by atoms with Crippen LogP contribution in [0.25, 0.3) is 16.9 Å². The first-order valence-corrected chi connectivity index (χ1v) is 8.93. The minimum atomic E-state index is -0.636. The average molecular weight is 357 g/mol. The minimum absolute atomic E-state index is 0.253. The van der Waals surface area contributed by atoms with Crippen molar-refractivity contribution in [1.82, 2.24) is 24.5 Å². The van der Waals surface area contributed by atoms with E-state index < -0.39 is 11.6 Å². The predicted molar refractivity (Wildman–Crippen MR) is 94.8 cm³/mol.